The van der Waals surface area contributed by atoms with Gasteiger partial charge in [0.15, 0.2) is 17.4 Å². The number of nitro benzene ring substituents is 1. The van der Waals surface area contributed by atoms with Crippen molar-refractivity contribution in [2.24, 2.45) is 0 Å². The summed E-state index contributed by atoms with van der Waals surface area (Å²) in [5.74, 6) is -0.331. The summed E-state index contributed by atoms with van der Waals surface area (Å²) in [6.07, 6.45) is 5.05. The van der Waals surface area contributed by atoms with E-state index in [0.717, 1.165) is 0 Å². The van der Waals surface area contributed by atoms with Gasteiger partial charge in [0.1, 0.15) is 0 Å². The highest BCUT2D eigenvalue weighted by Gasteiger charge is 2.18. The molecule has 0 saturated carbocycles. The van der Waals surface area contributed by atoms with E-state index in [0.29, 0.717) is 12.1 Å². The molecule has 6 nitrogen and oxygen atoms in total. The topological polar surface area (TPSA) is 82.1 Å². The lowest BCUT2D eigenvalue weighted by Crippen LogP contribution is -2.42. The van der Waals surface area contributed by atoms with Gasteiger partial charge in [-0.1, -0.05) is 24.4 Å². The fourth-order valence-electron chi connectivity index (χ4n) is 2.01. The summed E-state index contributed by atoms with van der Waals surface area (Å²) >= 11 is 5.32. The van der Waals surface area contributed by atoms with Crippen molar-refractivity contribution in [2.45, 2.75) is 0 Å². The summed E-state index contributed by atoms with van der Waals surface area (Å²) in [6, 6.07) is 10.8. The summed E-state index contributed by atoms with van der Waals surface area (Å²) in [5, 5.41) is 26.5. The molecular formula is C17H15N3O3S. The molecule has 0 fully saturated rings. The molecule has 2 aromatic rings. The highest BCUT2D eigenvalue weighted by Crippen LogP contribution is 2.18. The average molecular weight is 341 g/mol. The molecule has 122 valence electrons. The Morgan fingerprint density at radius 1 is 1.25 bits per heavy atom. The largest absolute Gasteiger partial charge is 0.867 e. The van der Waals surface area contributed by atoms with Gasteiger partial charge < -0.3 is 10.4 Å². The first-order chi connectivity index (χ1) is 11.5. The molecule has 1 N–H and O–H groups in total. The molecule has 1 aromatic heterocycles. The van der Waals surface area contributed by atoms with Gasteiger partial charge in [0.2, 0.25) is 5.70 Å². The Labute approximate surface area is 144 Å². The molecule has 0 aliphatic carbocycles. The number of nitro groups is 1. The number of thiocarbonyl (C=S) groups is 1. The van der Waals surface area contributed by atoms with Crippen LogP contribution in [0.15, 0.2) is 67.5 Å². The Morgan fingerprint density at radius 2 is 1.88 bits per heavy atom. The minimum absolute atomic E-state index is 0.0761. The minimum atomic E-state index is -0.513. The second-order valence-electron chi connectivity index (χ2n) is 4.76. The lowest BCUT2D eigenvalue weighted by molar-refractivity contribution is -0.577. The summed E-state index contributed by atoms with van der Waals surface area (Å²) < 4.78 is 1.61. The average Bonchev–Trinajstić information content (AvgIpc) is 2.61. The van der Waals surface area contributed by atoms with Crippen molar-refractivity contribution < 1.29 is 14.6 Å². The van der Waals surface area contributed by atoms with Crippen LogP contribution in [0.25, 0.3) is 11.5 Å². The second-order valence-corrected chi connectivity index (χ2v) is 5.17. The van der Waals surface area contributed by atoms with E-state index in [1.165, 1.54) is 24.3 Å². The van der Waals surface area contributed by atoms with Gasteiger partial charge in [-0.3, -0.25) is 10.1 Å². The molecule has 2 rings (SSSR count). The van der Waals surface area contributed by atoms with Crippen molar-refractivity contribution in [1.29, 1.82) is 0 Å². The van der Waals surface area contributed by atoms with E-state index in [4.69, 9.17) is 12.2 Å². The molecule has 1 heterocycles. The van der Waals surface area contributed by atoms with Crippen LogP contribution in [-0.4, -0.2) is 16.5 Å². The third-order valence-electron chi connectivity index (χ3n) is 3.15. The molecule has 0 atom stereocenters. The van der Waals surface area contributed by atoms with Crippen molar-refractivity contribution in [3.63, 3.8) is 0 Å². The van der Waals surface area contributed by atoms with Crippen LogP contribution >= 0.6 is 12.2 Å². The van der Waals surface area contributed by atoms with Gasteiger partial charge >= 0.3 is 0 Å². The fraction of sp³-hybridized carbons (Fsp3) is 0.0588. The zero-order valence-corrected chi connectivity index (χ0v) is 13.5. The highest BCUT2D eigenvalue weighted by molar-refractivity contribution is 7.81. The van der Waals surface area contributed by atoms with Crippen molar-refractivity contribution in [3.05, 3.63) is 83.2 Å². The lowest BCUT2D eigenvalue weighted by atomic mass is 10.1. The van der Waals surface area contributed by atoms with E-state index in [2.05, 4.69) is 11.9 Å². The maximum absolute atomic E-state index is 12.9. The van der Waals surface area contributed by atoms with Crippen LogP contribution in [0.2, 0.25) is 0 Å². The third-order valence-corrected chi connectivity index (χ3v) is 3.49. The summed E-state index contributed by atoms with van der Waals surface area (Å²) in [5.41, 5.74) is 0.504. The molecule has 1 aromatic carbocycles. The van der Waals surface area contributed by atoms with E-state index >= 15 is 0 Å². The Bertz CT molecular complexity index is 786. The molecule has 0 spiro atoms. The zero-order chi connectivity index (χ0) is 17.5. The van der Waals surface area contributed by atoms with Gasteiger partial charge in [0, 0.05) is 30.8 Å². The monoisotopic (exact) mass is 341 g/mol. The molecule has 7 heteroatoms. The highest BCUT2D eigenvalue weighted by atomic mass is 32.1. The third kappa shape index (κ3) is 4.02. The van der Waals surface area contributed by atoms with Crippen molar-refractivity contribution in [3.8, 4) is 0 Å². The van der Waals surface area contributed by atoms with E-state index in [1.54, 1.807) is 35.2 Å². The molecule has 0 saturated heterocycles. The number of rotatable bonds is 6. The van der Waals surface area contributed by atoms with Crippen molar-refractivity contribution in [1.82, 2.24) is 5.32 Å². The SMILES string of the molecule is C=CCNC(=S)/C(=C(/[O-])c1ccc([N+](=O)[O-])cc1)[n+]1ccccc1. The quantitative estimate of drug-likeness (QED) is 0.164. The predicted molar refractivity (Wildman–Crippen MR) is 93.6 cm³/mol. The maximum Gasteiger partial charge on any atom is 0.269 e. The van der Waals surface area contributed by atoms with Crippen LogP contribution in [-0.2, 0) is 0 Å². The number of non-ortho nitro benzene ring substituents is 1. The Kier molecular flexibility index (Phi) is 5.75. The molecule has 0 aliphatic rings. The van der Waals surface area contributed by atoms with Crippen LogP contribution in [0.3, 0.4) is 0 Å². The number of nitrogens with zero attached hydrogens (tertiary/aromatic N) is 2. The van der Waals surface area contributed by atoms with Gasteiger partial charge in [0.05, 0.1) is 4.92 Å². The summed E-state index contributed by atoms with van der Waals surface area (Å²) in [4.78, 5) is 10.5. The Morgan fingerprint density at radius 3 is 2.42 bits per heavy atom. The van der Waals surface area contributed by atoms with Crippen LogP contribution in [0.1, 0.15) is 5.56 Å². The van der Waals surface area contributed by atoms with E-state index < -0.39 is 4.92 Å². The van der Waals surface area contributed by atoms with Gasteiger partial charge in [0.25, 0.3) is 5.69 Å². The number of aromatic nitrogens is 1. The molecule has 0 radical (unpaired) electrons. The molecular weight excluding hydrogens is 326 g/mol. The summed E-state index contributed by atoms with van der Waals surface area (Å²) in [7, 11) is 0. The van der Waals surface area contributed by atoms with E-state index in [1.807, 2.05) is 6.07 Å². The number of nitrogens with one attached hydrogen (secondary N) is 1. The first kappa shape index (κ1) is 17.3. The summed E-state index contributed by atoms with van der Waals surface area (Å²) in [6.45, 7) is 4.03. The number of pyridine rings is 1. The normalized spacial score (nSPS) is 11.3. The van der Waals surface area contributed by atoms with Gasteiger partial charge in [-0.15, -0.1) is 6.58 Å². The minimum Gasteiger partial charge on any atom is -0.867 e. The number of hydrogen-bond acceptors (Lipinski definition) is 4. The molecule has 0 bridgehead atoms. The first-order valence-electron chi connectivity index (χ1n) is 7.06. The molecule has 0 unspecified atom stereocenters. The zero-order valence-electron chi connectivity index (χ0n) is 12.7. The maximum atomic E-state index is 12.9. The molecule has 24 heavy (non-hydrogen) atoms. The smallest absolute Gasteiger partial charge is 0.269 e. The second kappa shape index (κ2) is 7.98. The van der Waals surface area contributed by atoms with Gasteiger partial charge in [-0.25, -0.2) is 0 Å². The van der Waals surface area contributed by atoms with Crippen LogP contribution < -0.4 is 15.0 Å². The van der Waals surface area contributed by atoms with E-state index in [9.17, 15) is 15.2 Å². The van der Waals surface area contributed by atoms with Crippen molar-refractivity contribution in [2.75, 3.05) is 6.54 Å². The standard InChI is InChI=1S/C17H15N3O3S/c1-2-10-18-17(24)15(19-11-4-3-5-12-19)16(21)13-6-8-14(9-7-13)20(22)23/h2-9,11-12H,1,10H2,(H-,18,21,24). The lowest BCUT2D eigenvalue weighted by Gasteiger charge is -2.16. The predicted octanol–water partition coefficient (Wildman–Crippen LogP) is 1.67. The van der Waals surface area contributed by atoms with Crippen LogP contribution in [0.5, 0.6) is 0 Å². The van der Waals surface area contributed by atoms with E-state index in [-0.39, 0.29) is 22.1 Å². The van der Waals surface area contributed by atoms with Crippen LogP contribution in [0.4, 0.5) is 5.69 Å². The Balaban J connectivity index is 2.50. The Hall–Kier alpha value is -3.06. The fourth-order valence-corrected chi connectivity index (χ4v) is 2.29. The van der Waals surface area contributed by atoms with Gasteiger partial charge in [-0.05, 0) is 23.5 Å². The van der Waals surface area contributed by atoms with Crippen LogP contribution in [0, 0.1) is 10.1 Å². The number of benzene rings is 1. The number of hydrogen-bond donors (Lipinski definition) is 1. The molecule has 0 aliphatic heterocycles. The van der Waals surface area contributed by atoms with Gasteiger partial charge in [-0.2, -0.15) is 4.57 Å². The molecule has 0 amide bonds. The van der Waals surface area contributed by atoms with Crippen molar-refractivity contribution >= 4 is 34.3 Å². The first-order valence-corrected chi connectivity index (χ1v) is 7.47.